The molecule has 2 heterocycles. The summed E-state index contributed by atoms with van der Waals surface area (Å²) >= 11 is 0. The zero-order chi connectivity index (χ0) is 11.5. The van der Waals surface area contributed by atoms with Crippen molar-refractivity contribution in [2.75, 3.05) is 38.2 Å². The van der Waals surface area contributed by atoms with Gasteiger partial charge in [0.05, 0.1) is 11.9 Å². The highest BCUT2D eigenvalue weighted by Crippen LogP contribution is 2.14. The zero-order valence-corrected chi connectivity index (χ0v) is 9.51. The Kier molecular flexibility index (Phi) is 2.91. The van der Waals surface area contributed by atoms with E-state index in [0.717, 1.165) is 18.9 Å². The van der Waals surface area contributed by atoms with Crippen molar-refractivity contribution in [3.8, 4) is 0 Å². The first kappa shape index (κ1) is 10.7. The van der Waals surface area contributed by atoms with Gasteiger partial charge in [0.25, 0.3) is 0 Å². The number of hydrogen-bond donors (Lipinski definition) is 2. The number of rotatable bonds is 4. The molecule has 0 unspecified atom stereocenters. The number of hydrogen-bond acceptors (Lipinski definition) is 5. The second-order valence-electron chi connectivity index (χ2n) is 3.90. The number of nitrogens with two attached hydrogens (primary N) is 1. The number of anilines is 2. The number of aromatic nitrogens is 3. The molecule has 0 aliphatic heterocycles. The van der Waals surface area contributed by atoms with Crippen LogP contribution in [0.15, 0.2) is 18.5 Å². The quantitative estimate of drug-likeness (QED) is 0.774. The summed E-state index contributed by atoms with van der Waals surface area (Å²) in [6.07, 6.45) is 3.34. The Morgan fingerprint density at radius 1 is 1.50 bits per heavy atom. The average Bonchev–Trinajstić information content (AvgIpc) is 2.61. The van der Waals surface area contributed by atoms with Crippen LogP contribution in [0.5, 0.6) is 0 Å². The first-order chi connectivity index (χ1) is 7.68. The normalized spacial score (nSPS) is 11.2. The molecule has 0 radical (unpaired) electrons. The molecule has 2 aromatic rings. The Bertz CT molecular complexity index is 475. The fourth-order valence-corrected chi connectivity index (χ4v) is 1.45. The van der Waals surface area contributed by atoms with Gasteiger partial charge in [-0.15, -0.1) is 0 Å². The second kappa shape index (κ2) is 4.36. The second-order valence-corrected chi connectivity index (χ2v) is 3.90. The highest BCUT2D eigenvalue weighted by molar-refractivity contribution is 5.65. The van der Waals surface area contributed by atoms with Crippen LogP contribution < -0.4 is 11.1 Å². The summed E-state index contributed by atoms with van der Waals surface area (Å²) in [7, 11) is 4.07. The fourth-order valence-electron chi connectivity index (χ4n) is 1.45. The number of nitrogen functional groups attached to an aromatic ring is 1. The first-order valence-electron chi connectivity index (χ1n) is 5.15. The van der Waals surface area contributed by atoms with E-state index in [1.807, 2.05) is 20.2 Å². The summed E-state index contributed by atoms with van der Waals surface area (Å²) in [4.78, 5) is 6.28. The molecular formula is C10H16N6. The van der Waals surface area contributed by atoms with Crippen LogP contribution in [0.2, 0.25) is 0 Å². The highest BCUT2D eigenvalue weighted by atomic mass is 15.3. The molecule has 0 amide bonds. The Labute approximate surface area is 94.1 Å². The van der Waals surface area contributed by atoms with Crippen LogP contribution in [-0.2, 0) is 0 Å². The number of nitrogens with zero attached hydrogens (tertiary/aromatic N) is 4. The van der Waals surface area contributed by atoms with E-state index in [1.165, 1.54) is 0 Å². The maximum atomic E-state index is 5.74. The predicted octanol–water partition coefficient (Wildman–Crippen LogP) is 0.285. The van der Waals surface area contributed by atoms with Crippen LogP contribution >= 0.6 is 0 Å². The average molecular weight is 220 g/mol. The van der Waals surface area contributed by atoms with Gasteiger partial charge in [-0.3, -0.25) is 0 Å². The molecule has 6 nitrogen and oxygen atoms in total. The molecule has 0 fully saturated rings. The lowest BCUT2D eigenvalue weighted by Crippen LogP contribution is -2.21. The van der Waals surface area contributed by atoms with E-state index in [9.17, 15) is 0 Å². The largest absolute Gasteiger partial charge is 0.394 e. The van der Waals surface area contributed by atoms with E-state index in [4.69, 9.17) is 5.73 Å². The molecule has 86 valence electrons. The summed E-state index contributed by atoms with van der Waals surface area (Å²) in [6, 6.07) is 1.88. The summed E-state index contributed by atoms with van der Waals surface area (Å²) in [5, 5.41) is 7.46. The SMILES string of the molecule is CN(C)CCNc1ccnc2c(N)cnn12. The molecule has 0 aliphatic carbocycles. The van der Waals surface area contributed by atoms with Crippen molar-refractivity contribution in [3.05, 3.63) is 18.5 Å². The Morgan fingerprint density at radius 3 is 3.06 bits per heavy atom. The molecular weight excluding hydrogens is 204 g/mol. The maximum Gasteiger partial charge on any atom is 0.180 e. The van der Waals surface area contributed by atoms with Crippen molar-refractivity contribution in [1.82, 2.24) is 19.5 Å². The fraction of sp³-hybridized carbons (Fsp3) is 0.400. The van der Waals surface area contributed by atoms with Gasteiger partial charge in [-0.25, -0.2) is 4.98 Å². The van der Waals surface area contributed by atoms with E-state index >= 15 is 0 Å². The maximum absolute atomic E-state index is 5.74. The zero-order valence-electron chi connectivity index (χ0n) is 9.51. The minimum Gasteiger partial charge on any atom is -0.394 e. The molecule has 2 rings (SSSR count). The molecule has 16 heavy (non-hydrogen) atoms. The van der Waals surface area contributed by atoms with Crippen LogP contribution in [0.25, 0.3) is 5.65 Å². The van der Waals surface area contributed by atoms with Gasteiger partial charge in [-0.1, -0.05) is 0 Å². The molecule has 3 N–H and O–H groups in total. The van der Waals surface area contributed by atoms with E-state index in [0.29, 0.717) is 11.3 Å². The van der Waals surface area contributed by atoms with E-state index in [1.54, 1.807) is 16.9 Å². The Hall–Kier alpha value is -1.82. The van der Waals surface area contributed by atoms with Crippen molar-refractivity contribution < 1.29 is 0 Å². The van der Waals surface area contributed by atoms with Crippen molar-refractivity contribution in [3.63, 3.8) is 0 Å². The molecule has 0 atom stereocenters. The van der Waals surface area contributed by atoms with Crippen molar-refractivity contribution in [1.29, 1.82) is 0 Å². The van der Waals surface area contributed by atoms with Gasteiger partial charge < -0.3 is 16.0 Å². The molecule has 0 aromatic carbocycles. The molecule has 6 heteroatoms. The summed E-state index contributed by atoms with van der Waals surface area (Å²) < 4.78 is 1.71. The third kappa shape index (κ3) is 2.06. The smallest absolute Gasteiger partial charge is 0.180 e. The molecule has 0 saturated carbocycles. The molecule has 0 bridgehead atoms. The molecule has 0 aliphatic rings. The van der Waals surface area contributed by atoms with Gasteiger partial charge in [0, 0.05) is 19.3 Å². The summed E-state index contributed by atoms with van der Waals surface area (Å²) in [5.74, 6) is 0.906. The van der Waals surface area contributed by atoms with Gasteiger partial charge in [0.2, 0.25) is 0 Å². The van der Waals surface area contributed by atoms with E-state index in [2.05, 4.69) is 20.3 Å². The van der Waals surface area contributed by atoms with E-state index < -0.39 is 0 Å². The summed E-state index contributed by atoms with van der Waals surface area (Å²) in [5.41, 5.74) is 7.02. The van der Waals surface area contributed by atoms with Gasteiger partial charge in [0.15, 0.2) is 5.65 Å². The van der Waals surface area contributed by atoms with Gasteiger partial charge >= 0.3 is 0 Å². The third-order valence-electron chi connectivity index (χ3n) is 2.29. The van der Waals surface area contributed by atoms with Crippen LogP contribution in [0.4, 0.5) is 11.5 Å². The van der Waals surface area contributed by atoms with Crippen LogP contribution in [-0.4, -0.2) is 46.7 Å². The third-order valence-corrected chi connectivity index (χ3v) is 2.29. The summed E-state index contributed by atoms with van der Waals surface area (Å²) in [6.45, 7) is 1.81. The van der Waals surface area contributed by atoms with Gasteiger partial charge in [0.1, 0.15) is 5.82 Å². The van der Waals surface area contributed by atoms with Crippen molar-refractivity contribution in [2.45, 2.75) is 0 Å². The number of likely N-dealkylation sites (N-methyl/N-ethyl adjacent to an activating group) is 1. The molecule has 0 saturated heterocycles. The minimum atomic E-state index is 0.594. The van der Waals surface area contributed by atoms with Crippen molar-refractivity contribution in [2.24, 2.45) is 0 Å². The first-order valence-corrected chi connectivity index (χ1v) is 5.15. The molecule has 0 spiro atoms. The lowest BCUT2D eigenvalue weighted by molar-refractivity contribution is 0.425. The lowest BCUT2D eigenvalue weighted by Gasteiger charge is -2.11. The monoisotopic (exact) mass is 220 g/mol. The highest BCUT2D eigenvalue weighted by Gasteiger charge is 2.04. The van der Waals surface area contributed by atoms with Crippen LogP contribution in [0.3, 0.4) is 0 Å². The number of fused-ring (bicyclic) bond motifs is 1. The minimum absolute atomic E-state index is 0.594. The number of nitrogens with one attached hydrogen (secondary N) is 1. The van der Waals surface area contributed by atoms with Crippen LogP contribution in [0, 0.1) is 0 Å². The van der Waals surface area contributed by atoms with E-state index in [-0.39, 0.29) is 0 Å². The topological polar surface area (TPSA) is 71.5 Å². The lowest BCUT2D eigenvalue weighted by atomic mass is 10.5. The predicted molar refractivity (Wildman–Crippen MR) is 64.4 cm³/mol. The van der Waals surface area contributed by atoms with Gasteiger partial charge in [-0.05, 0) is 20.2 Å². The standard InChI is InChI=1S/C10H16N6/c1-15(2)6-5-12-9-3-4-13-10-8(11)7-14-16(9)10/h3-4,7,12H,5-6,11H2,1-2H3. The van der Waals surface area contributed by atoms with Crippen LogP contribution in [0.1, 0.15) is 0 Å². The Balaban J connectivity index is 2.17. The van der Waals surface area contributed by atoms with Crippen molar-refractivity contribution >= 4 is 17.2 Å². The molecule has 2 aromatic heterocycles. The van der Waals surface area contributed by atoms with Gasteiger partial charge in [-0.2, -0.15) is 9.61 Å². The Morgan fingerprint density at radius 2 is 2.31 bits per heavy atom.